The highest BCUT2D eigenvalue weighted by molar-refractivity contribution is 6.35. The van der Waals surface area contributed by atoms with Crippen LogP contribution in [-0.4, -0.2) is 18.0 Å². The molecule has 0 spiro atoms. The third-order valence-corrected chi connectivity index (χ3v) is 4.46. The van der Waals surface area contributed by atoms with Crippen molar-refractivity contribution in [3.63, 3.8) is 0 Å². The molecular weight excluding hydrogens is 373 g/mol. The highest BCUT2D eigenvalue weighted by Gasteiger charge is 2.22. The first-order valence-corrected chi connectivity index (χ1v) is 8.97. The number of benzene rings is 2. The Morgan fingerprint density at radius 1 is 1.00 bits per heavy atom. The van der Waals surface area contributed by atoms with Crippen LogP contribution < -0.4 is 5.32 Å². The van der Waals surface area contributed by atoms with Crippen molar-refractivity contribution in [3.05, 3.63) is 68.7 Å². The number of carbonyl (C=O) groups excluding carboxylic acids is 2. The van der Waals surface area contributed by atoms with Gasteiger partial charge in [0.05, 0.1) is 11.6 Å². The van der Waals surface area contributed by atoms with E-state index >= 15 is 0 Å². The first-order chi connectivity index (χ1) is 12.2. The maximum absolute atomic E-state index is 12.3. The maximum Gasteiger partial charge on any atom is 0.338 e. The average Bonchev–Trinajstić information content (AvgIpc) is 2.53. The Balaban J connectivity index is 2.01. The number of halogens is 2. The van der Waals surface area contributed by atoms with Crippen LogP contribution >= 0.6 is 23.2 Å². The van der Waals surface area contributed by atoms with Gasteiger partial charge in [-0.15, -0.1) is 0 Å². The highest BCUT2D eigenvalue weighted by Crippen LogP contribution is 2.26. The Kier molecular flexibility index (Phi) is 6.68. The van der Waals surface area contributed by atoms with Crippen LogP contribution in [0.25, 0.3) is 0 Å². The third kappa shape index (κ3) is 5.23. The average molecular weight is 394 g/mol. The SMILES string of the molecule is Cc1cc(C)cc(C(=O)O[C@@H](C)C(=O)N[C@H](C)c2ccc(Cl)cc2Cl)c1. The van der Waals surface area contributed by atoms with E-state index < -0.39 is 18.0 Å². The Morgan fingerprint density at radius 2 is 1.62 bits per heavy atom. The molecule has 1 N–H and O–H groups in total. The zero-order valence-electron chi connectivity index (χ0n) is 15.1. The van der Waals surface area contributed by atoms with Crippen LogP contribution in [0.2, 0.25) is 10.0 Å². The predicted molar refractivity (Wildman–Crippen MR) is 104 cm³/mol. The number of rotatable bonds is 5. The zero-order valence-corrected chi connectivity index (χ0v) is 16.6. The highest BCUT2D eigenvalue weighted by atomic mass is 35.5. The number of hydrogen-bond acceptors (Lipinski definition) is 3. The Hall–Kier alpha value is -2.04. The first-order valence-electron chi connectivity index (χ1n) is 8.22. The Bertz CT molecular complexity index is 816. The van der Waals surface area contributed by atoms with Crippen molar-refractivity contribution >= 4 is 35.1 Å². The summed E-state index contributed by atoms with van der Waals surface area (Å²) >= 11 is 12.0. The van der Waals surface area contributed by atoms with Crippen molar-refractivity contribution in [1.29, 1.82) is 0 Å². The largest absolute Gasteiger partial charge is 0.449 e. The summed E-state index contributed by atoms with van der Waals surface area (Å²) in [5, 5.41) is 3.78. The van der Waals surface area contributed by atoms with E-state index in [-0.39, 0.29) is 6.04 Å². The number of ether oxygens (including phenoxy) is 1. The molecule has 2 aromatic rings. The minimum atomic E-state index is -0.933. The number of esters is 1. The molecule has 2 aromatic carbocycles. The summed E-state index contributed by atoms with van der Waals surface area (Å²) in [6.07, 6.45) is -0.933. The summed E-state index contributed by atoms with van der Waals surface area (Å²) in [4.78, 5) is 24.6. The lowest BCUT2D eigenvalue weighted by Crippen LogP contribution is -2.37. The van der Waals surface area contributed by atoms with Crippen molar-refractivity contribution in [2.24, 2.45) is 0 Å². The molecule has 1 amide bonds. The van der Waals surface area contributed by atoms with E-state index in [9.17, 15) is 9.59 Å². The second-order valence-corrected chi connectivity index (χ2v) is 7.16. The van der Waals surface area contributed by atoms with Gasteiger partial charge >= 0.3 is 5.97 Å². The summed E-state index contributed by atoms with van der Waals surface area (Å²) < 4.78 is 5.29. The lowest BCUT2D eigenvalue weighted by molar-refractivity contribution is -0.129. The van der Waals surface area contributed by atoms with E-state index in [0.29, 0.717) is 15.6 Å². The van der Waals surface area contributed by atoms with Gasteiger partial charge in [-0.2, -0.15) is 0 Å². The molecule has 0 aliphatic rings. The van der Waals surface area contributed by atoms with Crippen molar-refractivity contribution in [1.82, 2.24) is 5.32 Å². The molecule has 0 saturated heterocycles. The molecule has 0 heterocycles. The molecule has 0 aromatic heterocycles. The smallest absolute Gasteiger partial charge is 0.338 e. The van der Waals surface area contributed by atoms with E-state index in [0.717, 1.165) is 16.7 Å². The number of aryl methyl sites for hydroxylation is 2. The van der Waals surface area contributed by atoms with Crippen LogP contribution in [-0.2, 0) is 9.53 Å². The molecule has 2 atom stereocenters. The van der Waals surface area contributed by atoms with Gasteiger partial charge in [0.25, 0.3) is 5.91 Å². The standard InChI is InChI=1S/C20H21Cl2NO3/c1-11-7-12(2)9-15(8-11)20(25)26-14(4)19(24)23-13(3)17-6-5-16(21)10-18(17)22/h5-10,13-14H,1-4H3,(H,23,24)/t13-,14+/m1/s1. The van der Waals surface area contributed by atoms with E-state index in [4.69, 9.17) is 27.9 Å². The topological polar surface area (TPSA) is 55.4 Å². The minimum absolute atomic E-state index is 0.352. The van der Waals surface area contributed by atoms with Gasteiger partial charge in [0.2, 0.25) is 0 Å². The van der Waals surface area contributed by atoms with Crippen molar-refractivity contribution in [2.75, 3.05) is 0 Å². The van der Waals surface area contributed by atoms with Crippen molar-refractivity contribution in [2.45, 2.75) is 39.8 Å². The van der Waals surface area contributed by atoms with Gasteiger partial charge in [0.15, 0.2) is 6.10 Å². The first kappa shape index (κ1) is 20.3. The summed E-state index contributed by atoms with van der Waals surface area (Å²) in [7, 11) is 0. The molecule has 26 heavy (non-hydrogen) atoms. The van der Waals surface area contributed by atoms with Crippen LogP contribution in [0, 0.1) is 13.8 Å². The summed E-state index contributed by atoms with van der Waals surface area (Å²) in [6.45, 7) is 7.13. The lowest BCUT2D eigenvalue weighted by Gasteiger charge is -2.19. The fourth-order valence-corrected chi connectivity index (χ4v) is 3.21. The second kappa shape index (κ2) is 8.56. The van der Waals surface area contributed by atoms with Gasteiger partial charge < -0.3 is 10.1 Å². The molecule has 4 nitrogen and oxygen atoms in total. The van der Waals surface area contributed by atoms with Crippen LogP contribution in [0.3, 0.4) is 0 Å². The zero-order chi connectivity index (χ0) is 19.4. The van der Waals surface area contributed by atoms with Crippen molar-refractivity contribution in [3.8, 4) is 0 Å². The molecule has 0 saturated carbocycles. The van der Waals surface area contributed by atoms with E-state index in [1.165, 1.54) is 6.92 Å². The van der Waals surface area contributed by atoms with Crippen molar-refractivity contribution < 1.29 is 14.3 Å². The van der Waals surface area contributed by atoms with E-state index in [1.54, 1.807) is 37.3 Å². The number of hydrogen-bond donors (Lipinski definition) is 1. The number of amides is 1. The summed E-state index contributed by atoms with van der Waals surface area (Å²) in [6, 6.07) is 10.1. The molecule has 0 unspecified atom stereocenters. The molecule has 6 heteroatoms. The fourth-order valence-electron chi connectivity index (χ4n) is 2.64. The number of nitrogens with one attached hydrogen (secondary N) is 1. The third-order valence-electron chi connectivity index (χ3n) is 3.90. The van der Waals surface area contributed by atoms with E-state index in [1.807, 2.05) is 19.9 Å². The van der Waals surface area contributed by atoms with E-state index in [2.05, 4.69) is 5.32 Å². The van der Waals surface area contributed by atoms with Gasteiger partial charge in [-0.1, -0.05) is 46.5 Å². The van der Waals surface area contributed by atoms with Gasteiger partial charge in [0, 0.05) is 10.0 Å². The minimum Gasteiger partial charge on any atom is -0.449 e. The monoisotopic (exact) mass is 393 g/mol. The number of carbonyl (C=O) groups is 2. The van der Waals surface area contributed by atoms with Crippen LogP contribution in [0.5, 0.6) is 0 Å². The Labute approximate surface area is 163 Å². The van der Waals surface area contributed by atoms with Gasteiger partial charge in [-0.05, 0) is 57.5 Å². The molecule has 0 radical (unpaired) electrons. The summed E-state index contributed by atoms with van der Waals surface area (Å²) in [5.74, 6) is -0.933. The molecule has 0 aliphatic heterocycles. The van der Waals surface area contributed by atoms with Gasteiger partial charge in [0.1, 0.15) is 0 Å². The normalized spacial score (nSPS) is 13.0. The molecular formula is C20H21Cl2NO3. The molecule has 2 rings (SSSR count). The van der Waals surface area contributed by atoms with Crippen LogP contribution in [0.15, 0.2) is 36.4 Å². The fraction of sp³-hybridized carbons (Fsp3) is 0.300. The predicted octanol–water partition coefficient (Wildman–Crippen LogP) is 5.03. The quantitative estimate of drug-likeness (QED) is 0.724. The molecule has 0 aliphatic carbocycles. The Morgan fingerprint density at radius 3 is 2.19 bits per heavy atom. The second-order valence-electron chi connectivity index (χ2n) is 6.32. The molecule has 0 bridgehead atoms. The summed E-state index contributed by atoms with van der Waals surface area (Å²) in [5.41, 5.74) is 3.08. The van der Waals surface area contributed by atoms with Gasteiger partial charge in [-0.3, -0.25) is 4.79 Å². The molecule has 0 fully saturated rings. The lowest BCUT2D eigenvalue weighted by atomic mass is 10.1. The van der Waals surface area contributed by atoms with Crippen LogP contribution in [0.1, 0.15) is 46.9 Å². The van der Waals surface area contributed by atoms with Crippen LogP contribution in [0.4, 0.5) is 0 Å². The maximum atomic E-state index is 12.3. The molecule has 138 valence electrons. The van der Waals surface area contributed by atoms with Gasteiger partial charge in [-0.25, -0.2) is 4.79 Å².